The molecule has 0 bridgehead atoms. The van der Waals surface area contributed by atoms with Crippen molar-refractivity contribution in [2.24, 2.45) is 0 Å². The molecule has 1 aromatic carbocycles. The van der Waals surface area contributed by atoms with Crippen LogP contribution >= 0.6 is 11.6 Å². The van der Waals surface area contributed by atoms with Crippen LogP contribution in [0.2, 0.25) is 5.02 Å². The lowest BCUT2D eigenvalue weighted by Crippen LogP contribution is -1.99. The molecule has 0 aliphatic rings. The van der Waals surface area contributed by atoms with Gasteiger partial charge in [0.15, 0.2) is 0 Å². The average molecular weight is 272 g/mol. The zero-order valence-corrected chi connectivity index (χ0v) is 10.6. The van der Waals surface area contributed by atoms with Crippen molar-refractivity contribution in [2.75, 3.05) is 5.73 Å². The van der Waals surface area contributed by atoms with Gasteiger partial charge in [-0.05, 0) is 12.1 Å². The molecule has 0 aliphatic heterocycles. The van der Waals surface area contributed by atoms with Crippen LogP contribution in [0.4, 0.5) is 5.95 Å². The third kappa shape index (κ3) is 2.28. The van der Waals surface area contributed by atoms with Crippen LogP contribution in [-0.2, 0) is 0 Å². The molecule has 94 valence electrons. The van der Waals surface area contributed by atoms with Crippen molar-refractivity contribution in [3.8, 4) is 22.6 Å². The summed E-state index contributed by atoms with van der Waals surface area (Å²) in [4.78, 5) is 15.6. The molecule has 6 heteroatoms. The van der Waals surface area contributed by atoms with Crippen molar-refractivity contribution in [1.29, 1.82) is 0 Å². The molecule has 2 heterocycles. The topological polar surface area (TPSA) is 80.5 Å². The molecule has 0 saturated heterocycles. The van der Waals surface area contributed by atoms with Crippen LogP contribution in [0.25, 0.3) is 22.6 Å². The fourth-order valence-electron chi connectivity index (χ4n) is 1.81. The molecule has 0 amide bonds. The second kappa shape index (κ2) is 4.70. The number of hydrogen-bond donors (Lipinski definition) is 2. The molecule has 3 N–H and O–H groups in total. The number of nitrogen functional groups attached to an aromatic ring is 1. The molecule has 0 atom stereocenters. The fourth-order valence-corrected chi connectivity index (χ4v) is 1.94. The van der Waals surface area contributed by atoms with Crippen LogP contribution in [0.15, 0.2) is 42.9 Å². The first-order valence-electron chi connectivity index (χ1n) is 5.62. The maximum absolute atomic E-state index is 5.89. The van der Waals surface area contributed by atoms with E-state index in [1.165, 1.54) is 0 Å². The number of anilines is 1. The summed E-state index contributed by atoms with van der Waals surface area (Å²) in [6.07, 6.45) is 5.08. The van der Waals surface area contributed by atoms with E-state index in [9.17, 15) is 0 Å². The summed E-state index contributed by atoms with van der Waals surface area (Å²) >= 11 is 5.89. The number of aromatic amines is 1. The lowest BCUT2D eigenvalue weighted by Gasteiger charge is -2.07. The number of nitrogens with two attached hydrogens (primary N) is 1. The third-order valence-corrected chi connectivity index (χ3v) is 2.93. The minimum Gasteiger partial charge on any atom is -0.368 e. The van der Waals surface area contributed by atoms with Crippen molar-refractivity contribution in [3.05, 3.63) is 47.9 Å². The van der Waals surface area contributed by atoms with Gasteiger partial charge in [0, 0.05) is 29.2 Å². The lowest BCUT2D eigenvalue weighted by molar-refractivity contribution is 1.17. The number of hydrogen-bond acceptors (Lipinski definition) is 4. The molecule has 0 saturated carbocycles. The summed E-state index contributed by atoms with van der Waals surface area (Å²) in [7, 11) is 0. The smallest absolute Gasteiger partial charge is 0.220 e. The second-order valence-electron chi connectivity index (χ2n) is 3.94. The fraction of sp³-hybridized carbons (Fsp3) is 0. The molecular formula is C13H10ClN5. The molecule has 3 rings (SSSR count). The van der Waals surface area contributed by atoms with Crippen LogP contribution in [0, 0.1) is 0 Å². The summed E-state index contributed by atoms with van der Waals surface area (Å²) in [6, 6.07) is 7.38. The summed E-state index contributed by atoms with van der Waals surface area (Å²) in [5.41, 5.74) is 8.09. The normalized spacial score (nSPS) is 10.6. The van der Waals surface area contributed by atoms with E-state index in [1.54, 1.807) is 30.7 Å². The maximum Gasteiger partial charge on any atom is 0.220 e. The Hall–Kier alpha value is -2.40. The summed E-state index contributed by atoms with van der Waals surface area (Å²) < 4.78 is 0. The quantitative estimate of drug-likeness (QED) is 0.751. The Labute approximate surface area is 114 Å². The summed E-state index contributed by atoms with van der Waals surface area (Å²) in [5, 5.41) is 0.672. The molecule has 19 heavy (non-hydrogen) atoms. The molecular weight excluding hydrogens is 262 g/mol. The first-order valence-corrected chi connectivity index (χ1v) is 6.00. The number of nitrogens with zero attached hydrogens (tertiary/aromatic N) is 3. The molecule has 2 aromatic heterocycles. The minimum atomic E-state index is 0.222. The van der Waals surface area contributed by atoms with Crippen molar-refractivity contribution in [3.63, 3.8) is 0 Å². The Kier molecular flexibility index (Phi) is 2.89. The van der Waals surface area contributed by atoms with Crippen molar-refractivity contribution < 1.29 is 0 Å². The van der Waals surface area contributed by atoms with Crippen molar-refractivity contribution in [1.82, 2.24) is 19.9 Å². The average Bonchev–Trinajstić information content (AvgIpc) is 2.93. The van der Waals surface area contributed by atoms with Gasteiger partial charge in [0.05, 0.1) is 11.3 Å². The van der Waals surface area contributed by atoms with Gasteiger partial charge < -0.3 is 10.7 Å². The van der Waals surface area contributed by atoms with Gasteiger partial charge in [-0.25, -0.2) is 15.0 Å². The predicted octanol–water partition coefficient (Wildman–Crippen LogP) is 2.77. The zero-order valence-electron chi connectivity index (χ0n) is 9.84. The number of imidazole rings is 1. The largest absolute Gasteiger partial charge is 0.368 e. The number of halogens is 1. The van der Waals surface area contributed by atoms with E-state index in [2.05, 4.69) is 19.9 Å². The monoisotopic (exact) mass is 271 g/mol. The first kappa shape index (κ1) is 11.7. The van der Waals surface area contributed by atoms with Crippen LogP contribution < -0.4 is 5.73 Å². The van der Waals surface area contributed by atoms with Gasteiger partial charge in [-0.1, -0.05) is 23.7 Å². The standard InChI is InChI=1S/C13H10ClN5/c14-9-3-1-8(2-4-9)11-10(7-18-13(15)19-11)12-16-5-6-17-12/h1-7H,(H,16,17)(H2,15,18,19). The third-order valence-electron chi connectivity index (χ3n) is 2.68. The molecule has 0 unspecified atom stereocenters. The highest BCUT2D eigenvalue weighted by molar-refractivity contribution is 6.30. The Morgan fingerprint density at radius 3 is 2.58 bits per heavy atom. The number of nitrogens with one attached hydrogen (secondary N) is 1. The van der Waals surface area contributed by atoms with E-state index in [0.717, 1.165) is 16.8 Å². The SMILES string of the molecule is Nc1ncc(-c2ncc[nH]2)c(-c2ccc(Cl)cc2)n1. The highest BCUT2D eigenvalue weighted by Gasteiger charge is 2.12. The van der Waals surface area contributed by atoms with Crippen molar-refractivity contribution in [2.45, 2.75) is 0 Å². The highest BCUT2D eigenvalue weighted by Crippen LogP contribution is 2.28. The second-order valence-corrected chi connectivity index (χ2v) is 4.37. The predicted molar refractivity (Wildman–Crippen MR) is 74.5 cm³/mol. The van der Waals surface area contributed by atoms with Crippen molar-refractivity contribution >= 4 is 17.5 Å². The van der Waals surface area contributed by atoms with Gasteiger partial charge in [0.2, 0.25) is 5.95 Å². The molecule has 0 radical (unpaired) electrons. The molecule has 0 spiro atoms. The Morgan fingerprint density at radius 2 is 1.89 bits per heavy atom. The Morgan fingerprint density at radius 1 is 1.11 bits per heavy atom. The van der Waals surface area contributed by atoms with E-state index >= 15 is 0 Å². The van der Waals surface area contributed by atoms with E-state index in [0.29, 0.717) is 10.8 Å². The highest BCUT2D eigenvalue weighted by atomic mass is 35.5. The van der Waals surface area contributed by atoms with E-state index in [4.69, 9.17) is 17.3 Å². The first-order chi connectivity index (χ1) is 9.24. The van der Waals surface area contributed by atoms with E-state index in [-0.39, 0.29) is 5.95 Å². The number of aromatic nitrogens is 4. The van der Waals surface area contributed by atoms with Crippen LogP contribution in [-0.4, -0.2) is 19.9 Å². The number of H-pyrrole nitrogens is 1. The number of benzene rings is 1. The van der Waals surface area contributed by atoms with Gasteiger partial charge in [-0.15, -0.1) is 0 Å². The Balaban J connectivity index is 2.19. The lowest BCUT2D eigenvalue weighted by atomic mass is 10.1. The molecule has 0 aliphatic carbocycles. The van der Waals surface area contributed by atoms with Gasteiger partial charge in [0.1, 0.15) is 5.82 Å². The van der Waals surface area contributed by atoms with E-state index < -0.39 is 0 Å². The van der Waals surface area contributed by atoms with Gasteiger partial charge >= 0.3 is 0 Å². The van der Waals surface area contributed by atoms with Gasteiger partial charge in [-0.3, -0.25) is 0 Å². The summed E-state index contributed by atoms with van der Waals surface area (Å²) in [6.45, 7) is 0. The van der Waals surface area contributed by atoms with Crippen LogP contribution in [0.5, 0.6) is 0 Å². The van der Waals surface area contributed by atoms with Crippen LogP contribution in [0.3, 0.4) is 0 Å². The maximum atomic E-state index is 5.89. The zero-order chi connectivity index (χ0) is 13.2. The Bertz CT molecular complexity index is 692. The molecule has 5 nitrogen and oxygen atoms in total. The molecule has 3 aromatic rings. The van der Waals surface area contributed by atoms with E-state index in [1.807, 2.05) is 12.1 Å². The molecule has 0 fully saturated rings. The summed E-state index contributed by atoms with van der Waals surface area (Å²) in [5.74, 6) is 0.921. The number of rotatable bonds is 2. The van der Waals surface area contributed by atoms with Gasteiger partial charge in [-0.2, -0.15) is 0 Å². The van der Waals surface area contributed by atoms with Crippen LogP contribution in [0.1, 0.15) is 0 Å². The minimum absolute atomic E-state index is 0.222. The van der Waals surface area contributed by atoms with Gasteiger partial charge in [0.25, 0.3) is 0 Å².